The van der Waals surface area contributed by atoms with Crippen LogP contribution in [0.4, 0.5) is 16.2 Å². The zero-order valence-electron chi connectivity index (χ0n) is 19.1. The number of hydrogen-bond acceptors (Lipinski definition) is 5. The Hall–Kier alpha value is -3.72. The second kappa shape index (κ2) is 10.0. The number of benzene rings is 3. The Balaban J connectivity index is 1.48. The van der Waals surface area contributed by atoms with Gasteiger partial charge in [-0.15, -0.1) is 0 Å². The van der Waals surface area contributed by atoms with Gasteiger partial charge in [0.2, 0.25) is 0 Å². The van der Waals surface area contributed by atoms with E-state index in [4.69, 9.17) is 9.47 Å². The molecule has 1 aliphatic rings. The fourth-order valence-corrected chi connectivity index (χ4v) is 5.49. The number of nitrogens with one attached hydrogen (secondary N) is 2. The monoisotopic (exact) mass is 481 g/mol. The molecular formula is C25H27N3O5S. The summed E-state index contributed by atoms with van der Waals surface area (Å²) in [5.74, 6) is 1.19. The van der Waals surface area contributed by atoms with Crippen molar-refractivity contribution in [1.29, 1.82) is 0 Å². The number of carbonyl (C=O) groups excluding carboxylic acids is 1. The van der Waals surface area contributed by atoms with Crippen molar-refractivity contribution in [2.45, 2.75) is 24.3 Å². The highest BCUT2D eigenvalue weighted by Gasteiger charge is 2.29. The summed E-state index contributed by atoms with van der Waals surface area (Å²) in [5.41, 5.74) is 2.88. The Morgan fingerprint density at radius 2 is 1.74 bits per heavy atom. The number of sulfonamides is 1. The molecule has 0 spiro atoms. The van der Waals surface area contributed by atoms with E-state index in [1.54, 1.807) is 68.8 Å². The quantitative estimate of drug-likeness (QED) is 0.528. The minimum atomic E-state index is -3.70. The van der Waals surface area contributed by atoms with Crippen LogP contribution in [0.2, 0.25) is 0 Å². The first-order valence-electron chi connectivity index (χ1n) is 10.9. The van der Waals surface area contributed by atoms with Crippen molar-refractivity contribution in [2.24, 2.45) is 0 Å². The van der Waals surface area contributed by atoms with Gasteiger partial charge in [-0.3, -0.25) is 4.31 Å². The molecule has 0 bridgehead atoms. The van der Waals surface area contributed by atoms with E-state index < -0.39 is 16.1 Å². The molecule has 2 N–H and O–H groups in total. The molecule has 2 amide bonds. The number of urea groups is 1. The van der Waals surface area contributed by atoms with Crippen molar-refractivity contribution in [3.05, 3.63) is 77.9 Å². The van der Waals surface area contributed by atoms with Gasteiger partial charge in [-0.1, -0.05) is 30.3 Å². The summed E-state index contributed by atoms with van der Waals surface area (Å²) in [5, 5.41) is 5.60. The molecule has 0 aromatic heterocycles. The molecule has 0 atom stereocenters. The molecule has 0 unspecified atom stereocenters. The zero-order chi connectivity index (χ0) is 24.1. The highest BCUT2D eigenvalue weighted by atomic mass is 32.2. The number of fused-ring (bicyclic) bond motifs is 1. The van der Waals surface area contributed by atoms with Crippen LogP contribution in [-0.4, -0.2) is 35.2 Å². The molecule has 34 heavy (non-hydrogen) atoms. The number of hydrogen-bond donors (Lipinski definition) is 2. The van der Waals surface area contributed by atoms with E-state index in [0.717, 1.165) is 24.0 Å². The Morgan fingerprint density at radius 1 is 0.971 bits per heavy atom. The van der Waals surface area contributed by atoms with Gasteiger partial charge in [0, 0.05) is 18.8 Å². The number of carbonyl (C=O) groups is 1. The highest BCUT2D eigenvalue weighted by Crippen LogP contribution is 2.34. The van der Waals surface area contributed by atoms with E-state index in [-0.39, 0.29) is 11.4 Å². The summed E-state index contributed by atoms with van der Waals surface area (Å²) in [6.07, 6.45) is 1.51. The summed E-state index contributed by atoms with van der Waals surface area (Å²) in [4.78, 5) is 12.8. The average molecular weight is 482 g/mol. The Labute approximate surface area is 199 Å². The van der Waals surface area contributed by atoms with Crippen LogP contribution in [0.5, 0.6) is 11.5 Å². The molecule has 3 aromatic carbocycles. The van der Waals surface area contributed by atoms with E-state index in [1.807, 2.05) is 12.1 Å². The lowest BCUT2D eigenvalue weighted by atomic mass is 10.0. The van der Waals surface area contributed by atoms with E-state index >= 15 is 0 Å². The van der Waals surface area contributed by atoms with Crippen molar-refractivity contribution in [3.63, 3.8) is 0 Å². The lowest BCUT2D eigenvalue weighted by Crippen LogP contribution is -2.35. The van der Waals surface area contributed by atoms with Crippen molar-refractivity contribution in [1.82, 2.24) is 5.32 Å². The minimum absolute atomic E-state index is 0.244. The van der Waals surface area contributed by atoms with Gasteiger partial charge in [0.1, 0.15) is 0 Å². The first-order chi connectivity index (χ1) is 16.4. The number of methoxy groups -OCH3 is 2. The van der Waals surface area contributed by atoms with Gasteiger partial charge in [0.05, 0.1) is 24.8 Å². The molecule has 0 saturated carbocycles. The fourth-order valence-electron chi connectivity index (χ4n) is 3.94. The maximum atomic E-state index is 13.2. The van der Waals surface area contributed by atoms with Crippen molar-refractivity contribution in [3.8, 4) is 11.5 Å². The molecule has 4 rings (SSSR count). The third-order valence-corrected chi connectivity index (χ3v) is 7.48. The molecule has 1 aliphatic heterocycles. The topological polar surface area (TPSA) is 97.0 Å². The largest absolute Gasteiger partial charge is 0.493 e. The van der Waals surface area contributed by atoms with E-state index in [2.05, 4.69) is 10.6 Å². The van der Waals surface area contributed by atoms with Gasteiger partial charge in [-0.05, 0) is 60.4 Å². The Morgan fingerprint density at radius 3 is 2.47 bits per heavy atom. The number of ether oxygens (including phenoxy) is 2. The molecule has 0 aliphatic carbocycles. The Kier molecular flexibility index (Phi) is 6.93. The van der Waals surface area contributed by atoms with E-state index in [0.29, 0.717) is 29.4 Å². The summed E-state index contributed by atoms with van der Waals surface area (Å²) in [6.45, 7) is 0.671. The maximum absolute atomic E-state index is 13.2. The first kappa shape index (κ1) is 23.4. The summed E-state index contributed by atoms with van der Waals surface area (Å²) < 4.78 is 38.4. The molecule has 8 nitrogen and oxygen atoms in total. The number of anilines is 2. The van der Waals surface area contributed by atoms with Crippen LogP contribution in [0.3, 0.4) is 0 Å². The van der Waals surface area contributed by atoms with Crippen molar-refractivity contribution < 1.29 is 22.7 Å². The molecule has 0 radical (unpaired) electrons. The van der Waals surface area contributed by atoms with Crippen molar-refractivity contribution >= 4 is 27.4 Å². The van der Waals surface area contributed by atoms with Crippen molar-refractivity contribution in [2.75, 3.05) is 30.4 Å². The van der Waals surface area contributed by atoms with Gasteiger partial charge in [0.15, 0.2) is 11.5 Å². The van der Waals surface area contributed by atoms with Crippen LogP contribution in [0.1, 0.15) is 17.5 Å². The SMILES string of the molecule is COc1ccc(CNC(=O)Nc2ccc3c(c2)N(S(=O)(=O)c2ccccc2)CCC3)cc1OC. The lowest BCUT2D eigenvalue weighted by molar-refractivity contribution is 0.251. The molecule has 3 aromatic rings. The first-order valence-corrected chi connectivity index (χ1v) is 12.3. The molecule has 0 saturated heterocycles. The molecular weight excluding hydrogens is 454 g/mol. The maximum Gasteiger partial charge on any atom is 0.319 e. The number of amides is 2. The third kappa shape index (κ3) is 4.94. The second-order valence-electron chi connectivity index (χ2n) is 7.83. The van der Waals surface area contributed by atoms with Crippen LogP contribution in [0.15, 0.2) is 71.6 Å². The van der Waals surface area contributed by atoms with Crippen LogP contribution in [0, 0.1) is 0 Å². The average Bonchev–Trinajstić information content (AvgIpc) is 2.87. The van der Waals surface area contributed by atoms with E-state index in [9.17, 15) is 13.2 Å². The van der Waals surface area contributed by atoms with Crippen LogP contribution in [0.25, 0.3) is 0 Å². The normalized spacial score (nSPS) is 13.1. The number of aryl methyl sites for hydroxylation is 1. The fraction of sp³-hybridized carbons (Fsp3) is 0.240. The molecule has 9 heteroatoms. The second-order valence-corrected chi connectivity index (χ2v) is 9.70. The van der Waals surface area contributed by atoms with Crippen LogP contribution >= 0.6 is 0 Å². The lowest BCUT2D eigenvalue weighted by Gasteiger charge is -2.31. The van der Waals surface area contributed by atoms with Gasteiger partial charge in [-0.2, -0.15) is 0 Å². The summed E-state index contributed by atoms with van der Waals surface area (Å²) in [7, 11) is -0.578. The Bertz CT molecular complexity index is 1280. The van der Waals surface area contributed by atoms with Gasteiger partial charge >= 0.3 is 6.03 Å². The standard InChI is InChI=1S/C25H27N3O5S/c1-32-23-13-10-18(15-24(23)33-2)17-26-25(29)27-20-12-11-19-7-6-14-28(22(19)16-20)34(30,31)21-8-4-3-5-9-21/h3-5,8-13,15-16H,6-7,14,17H2,1-2H3,(H2,26,27,29). The zero-order valence-corrected chi connectivity index (χ0v) is 19.9. The van der Waals surface area contributed by atoms with Crippen LogP contribution in [-0.2, 0) is 23.0 Å². The molecule has 0 fully saturated rings. The van der Waals surface area contributed by atoms with Gasteiger partial charge < -0.3 is 20.1 Å². The predicted octanol–water partition coefficient (Wildman–Crippen LogP) is 4.17. The van der Waals surface area contributed by atoms with Gasteiger partial charge in [0.25, 0.3) is 10.0 Å². The van der Waals surface area contributed by atoms with Gasteiger partial charge in [-0.25, -0.2) is 13.2 Å². The predicted molar refractivity (Wildman–Crippen MR) is 131 cm³/mol. The highest BCUT2D eigenvalue weighted by molar-refractivity contribution is 7.92. The third-order valence-electron chi connectivity index (χ3n) is 5.65. The number of rotatable bonds is 7. The minimum Gasteiger partial charge on any atom is -0.493 e. The van der Waals surface area contributed by atoms with E-state index in [1.165, 1.54) is 4.31 Å². The molecule has 1 heterocycles. The summed E-state index contributed by atoms with van der Waals surface area (Å²) in [6, 6.07) is 18.8. The number of nitrogens with zero attached hydrogens (tertiary/aromatic N) is 1. The van der Waals surface area contributed by atoms with Crippen LogP contribution < -0.4 is 24.4 Å². The summed E-state index contributed by atoms with van der Waals surface area (Å²) >= 11 is 0. The smallest absolute Gasteiger partial charge is 0.319 e. The molecule has 178 valence electrons.